The molecule has 1 aliphatic rings. The Morgan fingerprint density at radius 1 is 1.50 bits per heavy atom. The van der Waals surface area contributed by atoms with Gasteiger partial charge in [0.1, 0.15) is 5.15 Å². The second-order valence-electron chi connectivity index (χ2n) is 3.27. The van der Waals surface area contributed by atoms with Gasteiger partial charge in [-0.15, -0.1) is 0 Å². The first kappa shape index (κ1) is 11.2. The summed E-state index contributed by atoms with van der Waals surface area (Å²) in [5.74, 6) is -0.394. The van der Waals surface area contributed by atoms with Gasteiger partial charge in [-0.1, -0.05) is 11.6 Å². The molecule has 1 aromatic rings. The molecule has 1 aliphatic heterocycles. The molecule has 0 radical (unpaired) electrons. The van der Waals surface area contributed by atoms with Gasteiger partial charge < -0.3 is 0 Å². The van der Waals surface area contributed by atoms with E-state index in [2.05, 4.69) is 10.4 Å². The number of hydrogen-bond acceptors (Lipinski definition) is 4. The molecule has 0 atom stereocenters. The minimum Gasteiger partial charge on any atom is -0.282 e. The third kappa shape index (κ3) is 1.85. The van der Waals surface area contributed by atoms with Gasteiger partial charge in [-0.3, -0.25) is 19.6 Å². The summed E-state index contributed by atoms with van der Waals surface area (Å²) in [6, 6.07) is 0. The van der Waals surface area contributed by atoms with E-state index in [4.69, 9.17) is 11.6 Å². The van der Waals surface area contributed by atoms with E-state index in [1.54, 1.807) is 20.0 Å². The molecule has 1 aromatic heterocycles. The highest BCUT2D eigenvalue weighted by Gasteiger charge is 2.26. The standard InChI is InChI=1S/C9H8ClN3O2S/c1-4-5(7(10)13(2)12-4)3-6-8(14)11-9(15)16-6/h3H,1-2H3,(H,11,14,15)/b6-3+. The van der Waals surface area contributed by atoms with E-state index in [1.165, 1.54) is 4.68 Å². The van der Waals surface area contributed by atoms with Crippen molar-refractivity contribution in [3.05, 3.63) is 21.3 Å². The van der Waals surface area contributed by atoms with Crippen LogP contribution in [0.3, 0.4) is 0 Å². The fraction of sp³-hybridized carbons (Fsp3) is 0.222. The third-order valence-corrected chi connectivity index (χ3v) is 3.37. The number of carbonyl (C=O) groups is 2. The summed E-state index contributed by atoms with van der Waals surface area (Å²) >= 11 is 6.87. The van der Waals surface area contributed by atoms with Crippen LogP contribution in [-0.2, 0) is 11.8 Å². The number of rotatable bonds is 1. The maximum Gasteiger partial charge on any atom is 0.290 e. The summed E-state index contributed by atoms with van der Waals surface area (Å²) in [5, 5.41) is 6.37. The summed E-state index contributed by atoms with van der Waals surface area (Å²) < 4.78 is 1.52. The van der Waals surface area contributed by atoms with Crippen molar-refractivity contribution in [1.29, 1.82) is 0 Å². The summed E-state index contributed by atoms with van der Waals surface area (Å²) in [6.07, 6.45) is 1.58. The van der Waals surface area contributed by atoms with Crippen molar-refractivity contribution in [2.75, 3.05) is 0 Å². The Hall–Kier alpha value is -1.27. The van der Waals surface area contributed by atoms with Crippen molar-refractivity contribution < 1.29 is 9.59 Å². The number of aryl methyl sites for hydroxylation is 2. The minimum absolute atomic E-state index is 0.336. The number of hydrogen-bond donors (Lipinski definition) is 1. The van der Waals surface area contributed by atoms with Crippen molar-refractivity contribution in [3.8, 4) is 0 Å². The van der Waals surface area contributed by atoms with E-state index in [0.717, 1.165) is 11.8 Å². The summed E-state index contributed by atoms with van der Waals surface area (Å²) in [5.41, 5.74) is 1.38. The predicted octanol–water partition coefficient (Wildman–Crippen LogP) is 1.71. The van der Waals surface area contributed by atoms with Crippen molar-refractivity contribution in [2.45, 2.75) is 6.92 Å². The topological polar surface area (TPSA) is 64.0 Å². The van der Waals surface area contributed by atoms with Crippen LogP contribution < -0.4 is 5.32 Å². The van der Waals surface area contributed by atoms with Gasteiger partial charge >= 0.3 is 0 Å². The highest BCUT2D eigenvalue weighted by atomic mass is 35.5. The Labute approximate surface area is 101 Å². The first-order valence-electron chi connectivity index (χ1n) is 4.43. The summed E-state index contributed by atoms with van der Waals surface area (Å²) in [7, 11) is 1.71. The summed E-state index contributed by atoms with van der Waals surface area (Å²) in [6.45, 7) is 1.79. The lowest BCUT2D eigenvalue weighted by molar-refractivity contribution is -0.115. The number of nitrogens with zero attached hydrogens (tertiary/aromatic N) is 2. The lowest BCUT2D eigenvalue weighted by Gasteiger charge is -1.93. The number of halogens is 1. The molecule has 0 spiro atoms. The monoisotopic (exact) mass is 257 g/mol. The van der Waals surface area contributed by atoms with E-state index in [0.29, 0.717) is 21.3 Å². The molecule has 16 heavy (non-hydrogen) atoms. The van der Waals surface area contributed by atoms with E-state index in [-0.39, 0.29) is 5.24 Å². The Morgan fingerprint density at radius 2 is 2.19 bits per heavy atom. The molecule has 0 unspecified atom stereocenters. The molecule has 0 aromatic carbocycles. The van der Waals surface area contributed by atoms with Crippen LogP contribution in [0.15, 0.2) is 4.91 Å². The second kappa shape index (κ2) is 3.95. The third-order valence-electron chi connectivity index (χ3n) is 2.11. The van der Waals surface area contributed by atoms with E-state index in [9.17, 15) is 9.59 Å². The van der Waals surface area contributed by atoms with E-state index >= 15 is 0 Å². The van der Waals surface area contributed by atoms with Crippen LogP contribution in [0.5, 0.6) is 0 Å². The van der Waals surface area contributed by atoms with Crippen LogP contribution in [0.2, 0.25) is 5.15 Å². The lowest BCUT2D eigenvalue weighted by atomic mass is 10.2. The average Bonchev–Trinajstić information content (AvgIpc) is 2.62. The molecular weight excluding hydrogens is 250 g/mol. The molecule has 1 N–H and O–H groups in total. The molecule has 5 nitrogen and oxygen atoms in total. The number of thioether (sulfide) groups is 1. The van der Waals surface area contributed by atoms with Gasteiger partial charge in [0, 0.05) is 12.6 Å². The fourth-order valence-corrected chi connectivity index (χ4v) is 2.26. The number of carbonyl (C=O) groups excluding carboxylic acids is 2. The number of nitrogens with one attached hydrogen (secondary N) is 1. The zero-order valence-electron chi connectivity index (χ0n) is 8.57. The minimum atomic E-state index is -0.394. The Morgan fingerprint density at radius 3 is 2.62 bits per heavy atom. The molecule has 7 heteroatoms. The molecule has 1 fully saturated rings. The Balaban J connectivity index is 2.43. The molecule has 84 valence electrons. The SMILES string of the molecule is Cc1nn(C)c(Cl)c1/C=C1/SC(=O)NC1=O. The zero-order chi connectivity index (χ0) is 11.9. The number of amides is 2. The van der Waals surface area contributed by atoms with Crippen molar-refractivity contribution in [2.24, 2.45) is 7.05 Å². The van der Waals surface area contributed by atoms with Crippen molar-refractivity contribution in [3.63, 3.8) is 0 Å². The quantitative estimate of drug-likeness (QED) is 0.778. The van der Waals surface area contributed by atoms with Gasteiger partial charge in [0.2, 0.25) is 0 Å². The fourth-order valence-electron chi connectivity index (χ4n) is 1.36. The first-order valence-corrected chi connectivity index (χ1v) is 5.62. The van der Waals surface area contributed by atoms with Crippen LogP contribution in [-0.4, -0.2) is 20.9 Å². The van der Waals surface area contributed by atoms with Gasteiger partial charge in [-0.05, 0) is 24.8 Å². The number of aromatic nitrogens is 2. The largest absolute Gasteiger partial charge is 0.290 e. The number of imide groups is 1. The highest BCUT2D eigenvalue weighted by Crippen LogP contribution is 2.29. The summed E-state index contributed by atoms with van der Waals surface area (Å²) in [4.78, 5) is 22.6. The lowest BCUT2D eigenvalue weighted by Crippen LogP contribution is -2.17. The predicted molar refractivity (Wildman–Crippen MR) is 62.1 cm³/mol. The van der Waals surface area contributed by atoms with Crippen LogP contribution in [0.4, 0.5) is 4.79 Å². The van der Waals surface area contributed by atoms with Crippen LogP contribution in [0.25, 0.3) is 6.08 Å². The van der Waals surface area contributed by atoms with Gasteiger partial charge in [-0.25, -0.2) is 0 Å². The normalized spacial score (nSPS) is 18.3. The Bertz CT molecular complexity index is 521. The highest BCUT2D eigenvalue weighted by molar-refractivity contribution is 8.18. The average molecular weight is 258 g/mol. The molecule has 2 rings (SSSR count). The van der Waals surface area contributed by atoms with Gasteiger partial charge in [0.25, 0.3) is 11.1 Å². The zero-order valence-corrected chi connectivity index (χ0v) is 10.1. The van der Waals surface area contributed by atoms with E-state index in [1.807, 2.05) is 0 Å². The van der Waals surface area contributed by atoms with Crippen LogP contribution >= 0.6 is 23.4 Å². The molecule has 2 heterocycles. The molecule has 0 saturated carbocycles. The van der Waals surface area contributed by atoms with Crippen molar-refractivity contribution in [1.82, 2.24) is 15.1 Å². The van der Waals surface area contributed by atoms with Crippen LogP contribution in [0.1, 0.15) is 11.3 Å². The molecule has 0 aliphatic carbocycles. The molecular formula is C9H8ClN3O2S. The van der Waals surface area contributed by atoms with Crippen LogP contribution in [0, 0.1) is 6.92 Å². The van der Waals surface area contributed by atoms with Gasteiger partial charge in [0.05, 0.1) is 10.6 Å². The molecule has 0 bridgehead atoms. The Kier molecular flexibility index (Phi) is 2.77. The molecule has 2 amide bonds. The smallest absolute Gasteiger partial charge is 0.282 e. The van der Waals surface area contributed by atoms with Gasteiger partial charge in [-0.2, -0.15) is 5.10 Å². The van der Waals surface area contributed by atoms with E-state index < -0.39 is 5.91 Å². The second-order valence-corrected chi connectivity index (χ2v) is 4.64. The van der Waals surface area contributed by atoms with Crippen molar-refractivity contribution >= 4 is 40.6 Å². The maximum absolute atomic E-state index is 11.3. The van der Waals surface area contributed by atoms with Gasteiger partial charge in [0.15, 0.2) is 0 Å². The maximum atomic E-state index is 11.3. The molecule has 1 saturated heterocycles. The first-order chi connectivity index (χ1) is 7.49.